The summed E-state index contributed by atoms with van der Waals surface area (Å²) in [4.78, 5) is 0. The van der Waals surface area contributed by atoms with Gasteiger partial charge >= 0.3 is 23.1 Å². The standard InChI is InChI=1S/C13H17O2.BrH.Mg/c1-14-12-9-5-6-10-13(12)15-11-7-3-2-4-8-11;;/h5,9-11H,2-4,7-8H2,1H3;1H;/q-1;;+2/p-1. The van der Waals surface area contributed by atoms with Gasteiger partial charge in [-0.2, -0.15) is 12.1 Å². The van der Waals surface area contributed by atoms with Crippen molar-refractivity contribution in [2.75, 3.05) is 7.11 Å². The summed E-state index contributed by atoms with van der Waals surface area (Å²) >= 11 is 0. The molecule has 1 aromatic rings. The van der Waals surface area contributed by atoms with Crippen LogP contribution in [0.4, 0.5) is 0 Å². The van der Waals surface area contributed by atoms with Crippen LogP contribution in [0.2, 0.25) is 0 Å². The molecule has 1 aliphatic rings. The predicted octanol–water partition coefficient (Wildman–Crippen LogP) is -0.170. The van der Waals surface area contributed by atoms with E-state index in [9.17, 15) is 0 Å². The van der Waals surface area contributed by atoms with Crippen LogP contribution in [0.25, 0.3) is 0 Å². The minimum absolute atomic E-state index is 0. The van der Waals surface area contributed by atoms with E-state index in [1.165, 1.54) is 19.3 Å². The SMILES string of the molecule is COc1cc[c-]cc1OC1CCCCC1.[Br-].[Mg+2]. The van der Waals surface area contributed by atoms with Gasteiger partial charge in [-0.05, 0) is 25.7 Å². The summed E-state index contributed by atoms with van der Waals surface area (Å²) in [5.41, 5.74) is 0. The zero-order valence-electron chi connectivity index (χ0n) is 10.2. The van der Waals surface area contributed by atoms with Crippen LogP contribution >= 0.6 is 0 Å². The van der Waals surface area contributed by atoms with Gasteiger partial charge in [-0.25, -0.2) is 0 Å². The fourth-order valence-electron chi connectivity index (χ4n) is 2.02. The number of hydrogen-bond donors (Lipinski definition) is 0. The molecular weight excluding hydrogens is 292 g/mol. The smallest absolute Gasteiger partial charge is 1.00 e. The predicted molar refractivity (Wildman–Crippen MR) is 65.1 cm³/mol. The number of ether oxygens (including phenoxy) is 2. The molecule has 0 radical (unpaired) electrons. The van der Waals surface area contributed by atoms with Crippen LogP contribution in [-0.4, -0.2) is 36.3 Å². The topological polar surface area (TPSA) is 18.5 Å². The maximum absolute atomic E-state index is 5.92. The second-order valence-corrected chi connectivity index (χ2v) is 3.95. The molecular formula is C13H17BrMgO2. The Labute approximate surface area is 130 Å². The van der Waals surface area contributed by atoms with E-state index in [1.807, 2.05) is 18.2 Å². The summed E-state index contributed by atoms with van der Waals surface area (Å²) in [6, 6.07) is 8.60. The third-order valence-corrected chi connectivity index (χ3v) is 2.85. The second kappa shape index (κ2) is 9.06. The van der Waals surface area contributed by atoms with Crippen molar-refractivity contribution in [2.45, 2.75) is 38.2 Å². The van der Waals surface area contributed by atoms with E-state index in [0.717, 1.165) is 24.3 Å². The number of halogens is 1. The summed E-state index contributed by atoms with van der Waals surface area (Å²) in [5.74, 6) is 1.63. The van der Waals surface area contributed by atoms with Crippen molar-refractivity contribution >= 4 is 23.1 Å². The Bertz CT molecular complexity index is 314. The van der Waals surface area contributed by atoms with E-state index >= 15 is 0 Å². The summed E-state index contributed by atoms with van der Waals surface area (Å²) in [5, 5.41) is 0. The van der Waals surface area contributed by atoms with Crippen molar-refractivity contribution in [3.8, 4) is 11.5 Å². The number of rotatable bonds is 3. The fraction of sp³-hybridized carbons (Fsp3) is 0.538. The van der Waals surface area contributed by atoms with Crippen molar-refractivity contribution in [1.29, 1.82) is 0 Å². The van der Waals surface area contributed by atoms with Gasteiger partial charge in [-0.1, -0.05) is 6.42 Å². The van der Waals surface area contributed by atoms with Crippen LogP contribution in [0.3, 0.4) is 0 Å². The van der Waals surface area contributed by atoms with Crippen LogP contribution in [0.1, 0.15) is 32.1 Å². The zero-order chi connectivity index (χ0) is 10.5. The Morgan fingerprint density at radius 2 is 1.88 bits per heavy atom. The van der Waals surface area contributed by atoms with Crippen molar-refractivity contribution in [2.24, 2.45) is 0 Å². The monoisotopic (exact) mass is 308 g/mol. The molecule has 2 rings (SSSR count). The molecule has 0 amide bonds. The van der Waals surface area contributed by atoms with Gasteiger partial charge in [0.25, 0.3) is 0 Å². The van der Waals surface area contributed by atoms with Gasteiger partial charge < -0.3 is 26.5 Å². The van der Waals surface area contributed by atoms with Gasteiger partial charge in [-0.3, -0.25) is 0 Å². The minimum Gasteiger partial charge on any atom is -1.00 e. The first-order valence-corrected chi connectivity index (χ1v) is 5.61. The Hall–Kier alpha value is 0.0662. The molecule has 0 atom stereocenters. The van der Waals surface area contributed by atoms with Crippen molar-refractivity contribution in [3.63, 3.8) is 0 Å². The summed E-state index contributed by atoms with van der Waals surface area (Å²) in [7, 11) is 1.67. The molecule has 2 nitrogen and oxygen atoms in total. The molecule has 4 heteroatoms. The molecule has 17 heavy (non-hydrogen) atoms. The minimum atomic E-state index is 0. The molecule has 0 bridgehead atoms. The molecule has 0 heterocycles. The van der Waals surface area contributed by atoms with E-state index in [1.54, 1.807) is 7.11 Å². The molecule has 0 saturated heterocycles. The maximum atomic E-state index is 5.92. The fourth-order valence-corrected chi connectivity index (χ4v) is 2.02. The third kappa shape index (κ3) is 5.06. The molecule has 1 fully saturated rings. The van der Waals surface area contributed by atoms with Gasteiger partial charge in [0.1, 0.15) is 0 Å². The van der Waals surface area contributed by atoms with E-state index in [2.05, 4.69) is 6.07 Å². The van der Waals surface area contributed by atoms with E-state index in [4.69, 9.17) is 9.47 Å². The van der Waals surface area contributed by atoms with E-state index < -0.39 is 0 Å². The summed E-state index contributed by atoms with van der Waals surface area (Å²) in [6.07, 6.45) is 6.60. The average Bonchev–Trinajstić information content (AvgIpc) is 2.31. The normalized spacial score (nSPS) is 15.4. The Balaban J connectivity index is 0.00000128. The third-order valence-electron chi connectivity index (χ3n) is 2.85. The van der Waals surface area contributed by atoms with Crippen LogP contribution in [0, 0.1) is 6.07 Å². The number of methoxy groups -OCH3 is 1. The number of hydrogen-bond acceptors (Lipinski definition) is 2. The van der Waals surface area contributed by atoms with Gasteiger partial charge in [0.15, 0.2) is 0 Å². The summed E-state index contributed by atoms with van der Waals surface area (Å²) < 4.78 is 11.2. The van der Waals surface area contributed by atoms with Crippen molar-refractivity contribution in [1.82, 2.24) is 0 Å². The molecule has 1 aliphatic carbocycles. The van der Waals surface area contributed by atoms with Crippen molar-refractivity contribution in [3.05, 3.63) is 24.3 Å². The first kappa shape index (κ1) is 17.1. The maximum Gasteiger partial charge on any atom is 2.00 e. The second-order valence-electron chi connectivity index (χ2n) is 3.95. The van der Waals surface area contributed by atoms with E-state index in [0.29, 0.717) is 6.10 Å². The quantitative estimate of drug-likeness (QED) is 0.570. The molecule has 0 aromatic heterocycles. The van der Waals surface area contributed by atoms with Crippen LogP contribution in [-0.2, 0) is 0 Å². The zero-order valence-corrected chi connectivity index (χ0v) is 13.2. The summed E-state index contributed by atoms with van der Waals surface area (Å²) in [6.45, 7) is 0. The van der Waals surface area contributed by atoms with Crippen LogP contribution in [0.5, 0.6) is 11.5 Å². The first-order chi connectivity index (χ1) is 7.40. The molecule has 0 N–H and O–H groups in total. The van der Waals surface area contributed by atoms with Gasteiger partial charge in [0.2, 0.25) is 0 Å². The Morgan fingerprint density at radius 3 is 2.53 bits per heavy atom. The first-order valence-electron chi connectivity index (χ1n) is 5.61. The van der Waals surface area contributed by atoms with Gasteiger partial charge in [-0.15, -0.1) is 12.1 Å². The van der Waals surface area contributed by atoms with Crippen LogP contribution in [0.15, 0.2) is 18.2 Å². The van der Waals surface area contributed by atoms with E-state index in [-0.39, 0.29) is 40.0 Å². The molecule has 1 aromatic carbocycles. The largest absolute Gasteiger partial charge is 2.00 e. The van der Waals surface area contributed by atoms with Gasteiger partial charge in [0.05, 0.1) is 19.0 Å². The number of benzene rings is 1. The van der Waals surface area contributed by atoms with Crippen LogP contribution < -0.4 is 26.5 Å². The van der Waals surface area contributed by atoms with Crippen molar-refractivity contribution < 1.29 is 26.5 Å². The average molecular weight is 309 g/mol. The van der Waals surface area contributed by atoms with Gasteiger partial charge in [0, 0.05) is 5.75 Å². The molecule has 0 spiro atoms. The molecule has 0 aliphatic heterocycles. The Kier molecular flexibility index (Phi) is 9.09. The Morgan fingerprint density at radius 1 is 1.18 bits per heavy atom. The molecule has 1 saturated carbocycles. The molecule has 90 valence electrons. The molecule has 0 unspecified atom stereocenters.